The molecule has 49 heavy (non-hydrogen) atoms. The largest absolute Gasteiger partial charge is 0.486 e. The molecule has 0 bridgehead atoms. The predicted molar refractivity (Wildman–Crippen MR) is 196 cm³/mol. The van der Waals surface area contributed by atoms with Gasteiger partial charge in [-0.2, -0.15) is 5.10 Å². The fourth-order valence-corrected chi connectivity index (χ4v) is 5.83. The summed E-state index contributed by atoms with van der Waals surface area (Å²) in [6, 6.07) is 36.5. The van der Waals surface area contributed by atoms with Crippen LogP contribution in [0.25, 0.3) is 16.7 Å². The molecule has 0 fully saturated rings. The van der Waals surface area contributed by atoms with Gasteiger partial charge in [-0.15, -0.1) is 15.0 Å². The molecule has 0 radical (unpaired) electrons. The van der Waals surface area contributed by atoms with Gasteiger partial charge >= 0.3 is 0 Å². The summed E-state index contributed by atoms with van der Waals surface area (Å²) >= 11 is 0. The van der Waals surface area contributed by atoms with Crippen molar-refractivity contribution in [3.05, 3.63) is 167 Å². The van der Waals surface area contributed by atoms with Gasteiger partial charge in [0.05, 0.1) is 11.4 Å². The summed E-state index contributed by atoms with van der Waals surface area (Å²) < 4.78 is 13.3. The Labute approximate surface area is 285 Å². The molecule has 0 unspecified atom stereocenters. The monoisotopic (exact) mass is 644 g/mol. The molecule has 1 aromatic heterocycles. The lowest BCUT2D eigenvalue weighted by atomic mass is 9.98. The van der Waals surface area contributed by atoms with E-state index in [1.54, 1.807) is 10.9 Å². The highest BCUT2D eigenvalue weighted by molar-refractivity contribution is 6.50. The summed E-state index contributed by atoms with van der Waals surface area (Å²) in [6.45, 7) is 4.89. The fourth-order valence-electron chi connectivity index (χ4n) is 5.83. The van der Waals surface area contributed by atoms with E-state index in [9.17, 15) is 0 Å². The van der Waals surface area contributed by atoms with Gasteiger partial charge in [-0.1, -0.05) is 97.1 Å². The van der Waals surface area contributed by atoms with Crippen LogP contribution in [0.5, 0.6) is 11.5 Å². The molecule has 0 saturated carbocycles. The van der Waals surface area contributed by atoms with Gasteiger partial charge in [-0.25, -0.2) is 0 Å². The van der Waals surface area contributed by atoms with Gasteiger partial charge < -0.3 is 9.47 Å². The number of anilines is 1. The first-order valence-electron chi connectivity index (χ1n) is 16.2. The lowest BCUT2D eigenvalue weighted by Crippen LogP contribution is -2.12. The van der Waals surface area contributed by atoms with E-state index >= 15 is 0 Å². The minimum absolute atomic E-state index is 0.335. The maximum atomic E-state index is 8.30. The van der Waals surface area contributed by atoms with Crippen LogP contribution in [0.3, 0.4) is 0 Å². The lowest BCUT2D eigenvalue weighted by molar-refractivity contribution is 0.299. The highest BCUT2D eigenvalue weighted by Crippen LogP contribution is 2.38. The molecule has 1 aliphatic rings. The van der Waals surface area contributed by atoms with E-state index < -0.39 is 0 Å². The highest BCUT2D eigenvalue weighted by Gasteiger charge is 2.20. The first-order chi connectivity index (χ1) is 24.0. The van der Waals surface area contributed by atoms with Crippen LogP contribution in [0.2, 0.25) is 0 Å². The normalized spacial score (nSPS) is 13.3. The fraction of sp³-hybridized carbons (Fsp3) is 0.122. The number of hydrazone groups is 1. The van der Waals surface area contributed by atoms with Crippen molar-refractivity contribution in [2.24, 2.45) is 5.10 Å². The average Bonchev–Trinajstić information content (AvgIpc) is 3.56. The Morgan fingerprint density at radius 3 is 1.86 bits per heavy atom. The number of fused-ring (bicyclic) bond motifs is 1. The second-order valence-electron chi connectivity index (χ2n) is 12.0. The maximum Gasteiger partial charge on any atom is 0.150 e. The molecule has 0 spiro atoms. The third-order valence-electron chi connectivity index (χ3n) is 8.14. The van der Waals surface area contributed by atoms with E-state index in [1.165, 1.54) is 0 Å². The van der Waals surface area contributed by atoms with E-state index in [2.05, 4.69) is 54.7 Å². The Morgan fingerprint density at radius 2 is 1.22 bits per heavy atom. The van der Waals surface area contributed by atoms with Crippen LogP contribution in [0.4, 0.5) is 5.69 Å². The zero-order valence-corrected chi connectivity index (χ0v) is 27.4. The van der Waals surface area contributed by atoms with Gasteiger partial charge in [-0.3, -0.25) is 10.8 Å². The predicted octanol–water partition coefficient (Wildman–Crippen LogP) is 8.70. The summed E-state index contributed by atoms with van der Waals surface area (Å²) in [5, 5.41) is 22.5. The smallest absolute Gasteiger partial charge is 0.150 e. The van der Waals surface area contributed by atoms with Crippen molar-refractivity contribution in [2.75, 3.05) is 5.43 Å². The highest BCUT2D eigenvalue weighted by atomic mass is 16.5. The molecule has 242 valence electrons. The molecule has 6 aromatic rings. The molecule has 5 aromatic carbocycles. The van der Waals surface area contributed by atoms with Gasteiger partial charge in [0.15, 0.2) is 5.75 Å². The van der Waals surface area contributed by atoms with Crippen LogP contribution in [0.15, 0.2) is 139 Å². The molecule has 0 aliphatic heterocycles. The van der Waals surface area contributed by atoms with Crippen LogP contribution in [0, 0.1) is 19.3 Å². The van der Waals surface area contributed by atoms with Crippen LogP contribution in [0.1, 0.15) is 33.4 Å². The lowest BCUT2D eigenvalue weighted by Gasteiger charge is -2.20. The Balaban J connectivity index is 1.32. The summed E-state index contributed by atoms with van der Waals surface area (Å²) in [4.78, 5) is 1.68. The molecule has 2 N–H and O–H groups in total. The third kappa shape index (κ3) is 7.34. The molecule has 8 heteroatoms. The van der Waals surface area contributed by atoms with Crippen LogP contribution in [-0.4, -0.2) is 26.4 Å². The number of aromatic nitrogens is 3. The van der Waals surface area contributed by atoms with Gasteiger partial charge in [0.2, 0.25) is 0 Å². The number of benzene rings is 5. The summed E-state index contributed by atoms with van der Waals surface area (Å²) in [7, 11) is 0. The van der Waals surface area contributed by atoms with Crippen molar-refractivity contribution < 1.29 is 9.47 Å². The van der Waals surface area contributed by atoms with Crippen LogP contribution >= 0.6 is 0 Å². The summed E-state index contributed by atoms with van der Waals surface area (Å²) in [6.07, 6.45) is 7.74. The third-order valence-corrected chi connectivity index (χ3v) is 8.14. The van der Waals surface area contributed by atoms with E-state index in [1.807, 2.05) is 97.1 Å². The van der Waals surface area contributed by atoms with Gasteiger partial charge in [0, 0.05) is 17.5 Å². The van der Waals surface area contributed by atoms with Crippen molar-refractivity contribution in [1.82, 2.24) is 15.0 Å². The van der Waals surface area contributed by atoms with Crippen LogP contribution < -0.4 is 14.9 Å². The Morgan fingerprint density at radius 1 is 0.673 bits per heavy atom. The van der Waals surface area contributed by atoms with Crippen LogP contribution in [-0.2, 0) is 19.6 Å². The Bertz CT molecular complexity index is 2190. The number of hydrogen-bond acceptors (Lipinski definition) is 7. The zero-order chi connectivity index (χ0) is 33.6. The molecule has 1 aliphatic carbocycles. The number of ether oxygens (including phenoxy) is 2. The molecule has 8 nitrogen and oxygen atoms in total. The molecule has 1 heterocycles. The second kappa shape index (κ2) is 14.2. The first-order valence-corrected chi connectivity index (χ1v) is 16.2. The molecule has 7 rings (SSSR count). The van der Waals surface area contributed by atoms with Crippen molar-refractivity contribution in [3.8, 4) is 17.2 Å². The van der Waals surface area contributed by atoms with Gasteiger partial charge in [-0.05, 0) is 72.5 Å². The number of hydrogen-bond donors (Lipinski definition) is 2. The Kier molecular flexibility index (Phi) is 9.10. The van der Waals surface area contributed by atoms with Crippen molar-refractivity contribution in [1.29, 1.82) is 5.41 Å². The van der Waals surface area contributed by atoms with E-state index in [0.29, 0.717) is 48.2 Å². The van der Waals surface area contributed by atoms with Crippen molar-refractivity contribution in [3.63, 3.8) is 0 Å². The Hall–Kier alpha value is -6.28. The standard InChI is InChI=1S/C41H36N6O2/c1-28-21-32(40(48-26-30-13-5-3-6-14-30)38(23-28)44-43-35-18-10-9-17-34(35)42)25-33-22-29(2)24-39(41(33)49-27-31-15-7-4-8-16-31)47-45-36-19-11-12-20-37(36)46-47/h3-24,42,44H,25-27H2,1-2H3/b42-34?,43-35-. The van der Waals surface area contributed by atoms with Crippen molar-refractivity contribution in [2.45, 2.75) is 33.5 Å². The molecule has 0 atom stereocenters. The quantitative estimate of drug-likeness (QED) is 0.109. The SMILES string of the molecule is Cc1cc(Cc2cc(C)cc(-n3nc4ccccc4n3)c2OCc2ccccc2)c(OCc2ccccc2)c(N/N=C2/C=CC=CC2=N)c1. The van der Waals surface area contributed by atoms with Crippen molar-refractivity contribution >= 4 is 28.1 Å². The number of allylic oxidation sites excluding steroid dienone is 4. The van der Waals surface area contributed by atoms with E-state index in [4.69, 9.17) is 25.1 Å². The zero-order valence-electron chi connectivity index (χ0n) is 27.4. The summed E-state index contributed by atoms with van der Waals surface area (Å²) in [5.74, 6) is 1.38. The number of rotatable bonds is 11. The number of nitrogens with one attached hydrogen (secondary N) is 2. The molecular formula is C41H36N6O2. The molecule has 0 saturated heterocycles. The minimum Gasteiger partial charge on any atom is -0.486 e. The average molecular weight is 645 g/mol. The maximum absolute atomic E-state index is 8.30. The first kappa shape index (κ1) is 31.3. The minimum atomic E-state index is 0.335. The van der Waals surface area contributed by atoms with Gasteiger partial charge in [0.1, 0.15) is 41.4 Å². The topological polar surface area (TPSA) is 97.4 Å². The van der Waals surface area contributed by atoms with E-state index in [0.717, 1.165) is 50.1 Å². The molecule has 0 amide bonds. The van der Waals surface area contributed by atoms with Gasteiger partial charge in [0.25, 0.3) is 0 Å². The number of nitrogens with zero attached hydrogens (tertiary/aromatic N) is 4. The second-order valence-corrected chi connectivity index (χ2v) is 12.0. The number of aryl methyl sites for hydroxylation is 2. The molecular weight excluding hydrogens is 608 g/mol. The van der Waals surface area contributed by atoms with E-state index in [-0.39, 0.29) is 0 Å². The summed E-state index contributed by atoms with van der Waals surface area (Å²) in [5.41, 5.74) is 13.3.